The fourth-order valence-corrected chi connectivity index (χ4v) is 1.83. The number of nitrogens with two attached hydrogens (primary N) is 2. The van der Waals surface area contributed by atoms with Gasteiger partial charge in [0.05, 0.1) is 6.33 Å². The molecule has 126 valence electrons. The normalized spacial score (nSPS) is 11.5. The van der Waals surface area contributed by atoms with Crippen LogP contribution < -0.4 is 17.0 Å². The molecule has 0 saturated carbocycles. The minimum absolute atomic E-state index is 0.0783. The smallest absolute Gasteiger partial charge is 0.320 e. The van der Waals surface area contributed by atoms with Crippen LogP contribution in [0.3, 0.4) is 0 Å². The Bertz CT molecular complexity index is 886. The third-order valence-corrected chi connectivity index (χ3v) is 3.02. The number of carboxylic acids is 1. The predicted octanol–water partition coefficient (Wildman–Crippen LogP) is -0.425. The zero-order chi connectivity index (χ0) is 17.7. The average molecular weight is 332 g/mol. The first-order chi connectivity index (χ1) is 11.4. The largest absolute Gasteiger partial charge is 0.508 e. The molecule has 0 unspecified atom stereocenters. The Labute approximate surface area is 135 Å². The molecule has 0 fully saturated rings. The number of aromatic nitrogens is 4. The number of rotatable bonds is 3. The first-order valence-corrected chi connectivity index (χ1v) is 6.82. The lowest BCUT2D eigenvalue weighted by Gasteiger charge is -2.05. The van der Waals surface area contributed by atoms with Crippen LogP contribution in [0.1, 0.15) is 5.56 Å². The zero-order valence-electron chi connectivity index (χ0n) is 12.4. The Balaban J connectivity index is 0.000000175. The number of hydrogen-bond acceptors (Lipinski definition) is 7. The maximum Gasteiger partial charge on any atom is 0.320 e. The highest BCUT2D eigenvalue weighted by molar-refractivity contribution is 5.73. The van der Waals surface area contributed by atoms with Crippen LogP contribution in [-0.4, -0.2) is 42.2 Å². The molecule has 24 heavy (non-hydrogen) atoms. The Morgan fingerprint density at radius 3 is 2.58 bits per heavy atom. The first kappa shape index (κ1) is 17.0. The number of aromatic hydroxyl groups is 1. The van der Waals surface area contributed by atoms with Gasteiger partial charge in [-0.2, -0.15) is 4.98 Å². The number of phenolic OH excluding ortho intramolecular Hbond substituents is 1. The molecule has 0 bridgehead atoms. The van der Waals surface area contributed by atoms with Crippen LogP contribution in [0.4, 0.5) is 5.95 Å². The molecular weight excluding hydrogens is 316 g/mol. The van der Waals surface area contributed by atoms with Gasteiger partial charge in [-0.3, -0.25) is 14.6 Å². The zero-order valence-corrected chi connectivity index (χ0v) is 12.4. The van der Waals surface area contributed by atoms with E-state index in [9.17, 15) is 9.59 Å². The second-order valence-electron chi connectivity index (χ2n) is 4.87. The maximum absolute atomic E-state index is 11.0. The number of imidazole rings is 1. The molecule has 0 saturated heterocycles. The summed E-state index contributed by atoms with van der Waals surface area (Å²) in [6.45, 7) is 0. The van der Waals surface area contributed by atoms with Gasteiger partial charge >= 0.3 is 5.97 Å². The van der Waals surface area contributed by atoms with Crippen LogP contribution in [-0.2, 0) is 11.2 Å². The molecule has 10 nitrogen and oxygen atoms in total. The number of fused-ring (bicyclic) bond motifs is 1. The van der Waals surface area contributed by atoms with Crippen LogP contribution in [0, 0.1) is 0 Å². The lowest BCUT2D eigenvalue weighted by atomic mass is 10.1. The summed E-state index contributed by atoms with van der Waals surface area (Å²) in [5, 5.41) is 17.5. The molecule has 0 radical (unpaired) electrons. The van der Waals surface area contributed by atoms with E-state index in [0.717, 1.165) is 5.56 Å². The van der Waals surface area contributed by atoms with Crippen molar-refractivity contribution in [1.29, 1.82) is 0 Å². The lowest BCUT2D eigenvalue weighted by Crippen LogP contribution is -2.32. The van der Waals surface area contributed by atoms with Gasteiger partial charge in [0.15, 0.2) is 11.2 Å². The molecule has 2 aromatic heterocycles. The summed E-state index contributed by atoms with van der Waals surface area (Å²) in [6, 6.07) is 5.42. The van der Waals surface area contributed by atoms with Crippen molar-refractivity contribution in [2.24, 2.45) is 5.73 Å². The average Bonchev–Trinajstić information content (AvgIpc) is 2.98. The Kier molecular flexibility index (Phi) is 5.12. The molecule has 0 amide bonds. The Morgan fingerprint density at radius 1 is 1.29 bits per heavy atom. The fraction of sp³-hybridized carbons (Fsp3) is 0.143. The first-order valence-electron chi connectivity index (χ1n) is 6.82. The van der Waals surface area contributed by atoms with Crippen molar-refractivity contribution in [3.63, 3.8) is 0 Å². The highest BCUT2D eigenvalue weighted by atomic mass is 16.4. The predicted molar refractivity (Wildman–Crippen MR) is 86.3 cm³/mol. The summed E-state index contributed by atoms with van der Waals surface area (Å²) in [5.74, 6) is -0.782. The Morgan fingerprint density at radius 2 is 1.96 bits per heavy atom. The number of anilines is 1. The van der Waals surface area contributed by atoms with Crippen LogP contribution in [0.2, 0.25) is 0 Å². The van der Waals surface area contributed by atoms with Crippen molar-refractivity contribution in [2.75, 3.05) is 5.73 Å². The fourth-order valence-electron chi connectivity index (χ4n) is 1.83. The Hall–Kier alpha value is -3.40. The van der Waals surface area contributed by atoms with Gasteiger partial charge in [0.25, 0.3) is 5.56 Å². The van der Waals surface area contributed by atoms with Gasteiger partial charge in [-0.25, -0.2) is 4.98 Å². The number of hydrogen-bond donors (Lipinski definition) is 6. The van der Waals surface area contributed by atoms with E-state index in [4.69, 9.17) is 21.7 Å². The number of phenols is 1. The summed E-state index contributed by atoms with van der Waals surface area (Å²) in [7, 11) is 0. The van der Waals surface area contributed by atoms with Crippen LogP contribution in [0.5, 0.6) is 5.75 Å². The van der Waals surface area contributed by atoms with E-state index in [-0.39, 0.29) is 23.7 Å². The van der Waals surface area contributed by atoms with E-state index in [1.807, 2.05) is 0 Å². The summed E-state index contributed by atoms with van der Waals surface area (Å²) >= 11 is 0. The van der Waals surface area contributed by atoms with Crippen molar-refractivity contribution in [1.82, 2.24) is 19.9 Å². The summed E-state index contributed by atoms with van der Waals surface area (Å²) in [6.07, 6.45) is 1.67. The molecular formula is C14H16N6O4. The summed E-state index contributed by atoms with van der Waals surface area (Å²) in [5.41, 5.74) is 11.8. The van der Waals surface area contributed by atoms with Gasteiger partial charge in [0.1, 0.15) is 11.8 Å². The SMILES string of the molecule is N[C@@H](Cc1ccc(O)cc1)C(=O)O.Nc1nc2nc[nH]c2c(=O)[nH]1. The molecule has 1 atom stereocenters. The van der Waals surface area contributed by atoms with E-state index >= 15 is 0 Å². The molecule has 2 heterocycles. The molecule has 0 aliphatic carbocycles. The van der Waals surface area contributed by atoms with Crippen molar-refractivity contribution < 1.29 is 15.0 Å². The highest BCUT2D eigenvalue weighted by Gasteiger charge is 2.11. The lowest BCUT2D eigenvalue weighted by molar-refractivity contribution is -0.138. The number of aliphatic carboxylic acids is 1. The number of nitrogens with zero attached hydrogens (tertiary/aromatic N) is 2. The van der Waals surface area contributed by atoms with E-state index in [2.05, 4.69) is 19.9 Å². The minimum Gasteiger partial charge on any atom is -0.508 e. The molecule has 3 rings (SSSR count). The van der Waals surface area contributed by atoms with Gasteiger partial charge in [-0.05, 0) is 24.1 Å². The second kappa shape index (κ2) is 7.24. The molecule has 8 N–H and O–H groups in total. The van der Waals surface area contributed by atoms with Crippen LogP contribution in [0.25, 0.3) is 11.2 Å². The maximum atomic E-state index is 11.0. The van der Waals surface area contributed by atoms with E-state index in [1.54, 1.807) is 12.1 Å². The highest BCUT2D eigenvalue weighted by Crippen LogP contribution is 2.10. The van der Waals surface area contributed by atoms with Gasteiger partial charge in [0.2, 0.25) is 5.95 Å². The van der Waals surface area contributed by atoms with Crippen molar-refractivity contribution in [2.45, 2.75) is 12.5 Å². The summed E-state index contributed by atoms with van der Waals surface area (Å²) in [4.78, 5) is 33.9. The number of H-pyrrole nitrogens is 2. The van der Waals surface area contributed by atoms with Crippen LogP contribution >= 0.6 is 0 Å². The quantitative estimate of drug-likeness (QED) is 0.373. The van der Waals surface area contributed by atoms with Crippen molar-refractivity contribution in [3.8, 4) is 5.75 Å². The number of nitrogens with one attached hydrogen (secondary N) is 2. The molecule has 1 aromatic carbocycles. The van der Waals surface area contributed by atoms with Gasteiger partial charge < -0.3 is 26.7 Å². The molecule has 10 heteroatoms. The number of carboxylic acid groups (broad SMARTS) is 1. The molecule has 3 aromatic rings. The molecule has 0 spiro atoms. The van der Waals surface area contributed by atoms with E-state index < -0.39 is 12.0 Å². The van der Waals surface area contributed by atoms with Crippen molar-refractivity contribution >= 4 is 23.1 Å². The van der Waals surface area contributed by atoms with Gasteiger partial charge in [-0.1, -0.05) is 12.1 Å². The topological polar surface area (TPSA) is 184 Å². The standard InChI is InChI=1S/C9H11NO3.C5H5N5O/c10-8(9(12)13)5-6-1-3-7(11)4-2-6;6-5-9-3-2(4(11)10-5)7-1-8-3/h1-4,8,11H,5,10H2,(H,12,13);1H,(H4,6,7,8,9,10,11)/t8-;/m0./s1. The van der Waals surface area contributed by atoms with Gasteiger partial charge in [-0.15, -0.1) is 0 Å². The van der Waals surface area contributed by atoms with Crippen LogP contribution in [0.15, 0.2) is 35.4 Å². The molecule has 0 aliphatic heterocycles. The van der Waals surface area contributed by atoms with Crippen molar-refractivity contribution in [3.05, 3.63) is 46.5 Å². The third kappa shape index (κ3) is 4.30. The van der Waals surface area contributed by atoms with Gasteiger partial charge in [0, 0.05) is 0 Å². The van der Waals surface area contributed by atoms with E-state index in [1.165, 1.54) is 18.5 Å². The third-order valence-electron chi connectivity index (χ3n) is 3.02. The van der Waals surface area contributed by atoms with E-state index in [0.29, 0.717) is 11.2 Å². The second-order valence-corrected chi connectivity index (χ2v) is 4.87. The number of benzene rings is 1. The summed E-state index contributed by atoms with van der Waals surface area (Å²) < 4.78 is 0. The minimum atomic E-state index is -1.02. The number of nitrogen functional groups attached to an aromatic ring is 1. The monoisotopic (exact) mass is 332 g/mol. The number of aromatic amines is 2. The number of carbonyl (C=O) groups is 1. The molecule has 0 aliphatic rings.